The molecule has 0 aliphatic rings. The molecule has 2 aromatic rings. The van der Waals surface area contributed by atoms with Crippen LogP contribution in [0.1, 0.15) is 17.3 Å². The smallest absolute Gasteiger partial charge is 0.337 e. The lowest BCUT2D eigenvalue weighted by atomic mass is 10.2. The molecule has 2 rings (SSSR count). The van der Waals surface area contributed by atoms with Crippen LogP contribution in [0.15, 0.2) is 60.7 Å². The molecule has 0 spiro atoms. The van der Waals surface area contributed by atoms with Crippen LogP contribution in [0.25, 0.3) is 0 Å². The van der Waals surface area contributed by atoms with E-state index in [1.807, 2.05) is 43.3 Å². The maximum absolute atomic E-state index is 11.0. The van der Waals surface area contributed by atoms with Gasteiger partial charge in [0.25, 0.3) is 0 Å². The summed E-state index contributed by atoms with van der Waals surface area (Å²) in [4.78, 5) is 11.0. The van der Waals surface area contributed by atoms with Gasteiger partial charge in [0.2, 0.25) is 0 Å². The third kappa shape index (κ3) is 5.73. The topological polar surface area (TPSA) is 35.5 Å². The predicted molar refractivity (Wildman–Crippen MR) is 75.4 cm³/mol. The van der Waals surface area contributed by atoms with Crippen molar-refractivity contribution in [1.29, 1.82) is 0 Å². The molecule has 0 atom stereocenters. The fraction of sp³-hybridized carbons (Fsp3) is 0.188. The summed E-state index contributed by atoms with van der Waals surface area (Å²) in [6.07, 6.45) is 0. The van der Waals surface area contributed by atoms with Gasteiger partial charge in [0.15, 0.2) is 0 Å². The quantitative estimate of drug-likeness (QED) is 0.790. The summed E-state index contributed by atoms with van der Waals surface area (Å²) in [5, 5.41) is 0. The number of hydrogen-bond donors (Lipinski definition) is 0. The molecular weight excluding hydrogens is 240 g/mol. The van der Waals surface area contributed by atoms with Crippen LogP contribution in [0.3, 0.4) is 0 Å². The van der Waals surface area contributed by atoms with E-state index in [2.05, 4.69) is 4.74 Å². The second-order valence-corrected chi connectivity index (χ2v) is 3.60. The van der Waals surface area contributed by atoms with Gasteiger partial charge in [-0.2, -0.15) is 0 Å². The van der Waals surface area contributed by atoms with Crippen molar-refractivity contribution in [3.63, 3.8) is 0 Å². The van der Waals surface area contributed by atoms with Gasteiger partial charge in [0.1, 0.15) is 5.75 Å². The lowest BCUT2D eigenvalue weighted by Crippen LogP contribution is -2.00. The molecule has 0 heterocycles. The molecule has 0 aliphatic heterocycles. The van der Waals surface area contributed by atoms with E-state index in [0.29, 0.717) is 12.2 Å². The normalized spacial score (nSPS) is 8.95. The van der Waals surface area contributed by atoms with E-state index in [1.54, 1.807) is 24.3 Å². The summed E-state index contributed by atoms with van der Waals surface area (Å²) < 4.78 is 9.78. The Morgan fingerprint density at radius 1 is 0.947 bits per heavy atom. The average Bonchev–Trinajstić information content (AvgIpc) is 2.50. The van der Waals surface area contributed by atoms with E-state index in [9.17, 15) is 4.79 Å². The third-order valence-electron chi connectivity index (χ3n) is 2.25. The molecule has 100 valence electrons. The van der Waals surface area contributed by atoms with Gasteiger partial charge < -0.3 is 9.47 Å². The van der Waals surface area contributed by atoms with Crippen molar-refractivity contribution in [2.45, 2.75) is 6.92 Å². The van der Waals surface area contributed by atoms with Crippen molar-refractivity contribution in [2.24, 2.45) is 0 Å². The van der Waals surface area contributed by atoms with Crippen molar-refractivity contribution < 1.29 is 14.3 Å². The first-order chi connectivity index (χ1) is 9.27. The van der Waals surface area contributed by atoms with Crippen LogP contribution in [0, 0.1) is 0 Å². The average molecular weight is 258 g/mol. The van der Waals surface area contributed by atoms with Crippen molar-refractivity contribution in [3.05, 3.63) is 66.2 Å². The summed E-state index contributed by atoms with van der Waals surface area (Å²) in [5.74, 6) is 0.429. The Kier molecular flexibility index (Phi) is 6.80. The SMILES string of the molecule is CCOc1ccc(C(=O)OC)cc1.c1ccccc1. The monoisotopic (exact) mass is 258 g/mol. The highest BCUT2D eigenvalue weighted by atomic mass is 16.5. The van der Waals surface area contributed by atoms with Crippen molar-refractivity contribution >= 4 is 5.97 Å². The zero-order valence-electron chi connectivity index (χ0n) is 11.2. The Labute approximate surface area is 113 Å². The summed E-state index contributed by atoms with van der Waals surface area (Å²) in [6, 6.07) is 18.8. The molecule has 2 aromatic carbocycles. The Morgan fingerprint density at radius 2 is 1.42 bits per heavy atom. The highest BCUT2D eigenvalue weighted by molar-refractivity contribution is 5.89. The summed E-state index contributed by atoms with van der Waals surface area (Å²) >= 11 is 0. The Balaban J connectivity index is 0.000000250. The number of carbonyl (C=O) groups is 1. The minimum Gasteiger partial charge on any atom is -0.494 e. The third-order valence-corrected chi connectivity index (χ3v) is 2.25. The molecule has 0 fully saturated rings. The highest BCUT2D eigenvalue weighted by Gasteiger charge is 2.03. The minimum atomic E-state index is -0.331. The first kappa shape index (κ1) is 14.8. The molecule has 0 aromatic heterocycles. The maximum atomic E-state index is 11.0. The van der Waals surface area contributed by atoms with Gasteiger partial charge in [-0.3, -0.25) is 0 Å². The first-order valence-corrected chi connectivity index (χ1v) is 6.09. The number of carbonyl (C=O) groups excluding carboxylic acids is 1. The predicted octanol–water partition coefficient (Wildman–Crippen LogP) is 3.56. The number of rotatable bonds is 3. The van der Waals surface area contributed by atoms with Crippen molar-refractivity contribution in [1.82, 2.24) is 0 Å². The molecular formula is C16H18O3. The van der Waals surface area contributed by atoms with Crippen LogP contribution in [0.4, 0.5) is 0 Å². The van der Waals surface area contributed by atoms with Gasteiger partial charge in [0, 0.05) is 0 Å². The summed E-state index contributed by atoms with van der Waals surface area (Å²) in [6.45, 7) is 2.53. The van der Waals surface area contributed by atoms with E-state index < -0.39 is 0 Å². The fourth-order valence-corrected chi connectivity index (χ4v) is 1.36. The second-order valence-electron chi connectivity index (χ2n) is 3.60. The molecule has 0 N–H and O–H groups in total. The largest absolute Gasteiger partial charge is 0.494 e. The van der Waals surface area contributed by atoms with Gasteiger partial charge in [-0.15, -0.1) is 0 Å². The fourth-order valence-electron chi connectivity index (χ4n) is 1.36. The van der Waals surface area contributed by atoms with E-state index in [1.165, 1.54) is 7.11 Å². The molecule has 0 bridgehead atoms. The van der Waals surface area contributed by atoms with Gasteiger partial charge in [0.05, 0.1) is 19.3 Å². The lowest BCUT2D eigenvalue weighted by Gasteiger charge is -2.03. The lowest BCUT2D eigenvalue weighted by molar-refractivity contribution is 0.0600. The molecule has 3 nitrogen and oxygen atoms in total. The number of methoxy groups -OCH3 is 1. The zero-order chi connectivity index (χ0) is 13.9. The molecule has 0 radical (unpaired) electrons. The van der Waals surface area contributed by atoms with Gasteiger partial charge in [-0.1, -0.05) is 36.4 Å². The van der Waals surface area contributed by atoms with Crippen LogP contribution in [0.5, 0.6) is 5.75 Å². The van der Waals surface area contributed by atoms with Gasteiger partial charge in [-0.05, 0) is 31.2 Å². The summed E-state index contributed by atoms with van der Waals surface area (Å²) in [7, 11) is 1.36. The first-order valence-electron chi connectivity index (χ1n) is 6.09. The second kappa shape index (κ2) is 8.75. The van der Waals surface area contributed by atoms with Crippen LogP contribution in [0.2, 0.25) is 0 Å². The van der Waals surface area contributed by atoms with E-state index in [-0.39, 0.29) is 5.97 Å². The van der Waals surface area contributed by atoms with Crippen LogP contribution >= 0.6 is 0 Å². The standard InChI is InChI=1S/C10H12O3.C6H6/c1-3-13-9-6-4-8(5-7-9)10(11)12-2;1-2-4-6-5-3-1/h4-7H,3H2,1-2H3;1-6H. The maximum Gasteiger partial charge on any atom is 0.337 e. The van der Waals surface area contributed by atoms with Gasteiger partial charge >= 0.3 is 5.97 Å². The number of ether oxygens (including phenoxy) is 2. The van der Waals surface area contributed by atoms with Crippen LogP contribution in [-0.2, 0) is 4.74 Å². The van der Waals surface area contributed by atoms with E-state index in [0.717, 1.165) is 5.75 Å². The molecule has 19 heavy (non-hydrogen) atoms. The highest BCUT2D eigenvalue weighted by Crippen LogP contribution is 2.12. The molecule has 0 aliphatic carbocycles. The van der Waals surface area contributed by atoms with E-state index in [4.69, 9.17) is 4.74 Å². The number of esters is 1. The molecule has 0 amide bonds. The van der Waals surface area contributed by atoms with E-state index >= 15 is 0 Å². The minimum absolute atomic E-state index is 0.331. The molecule has 3 heteroatoms. The Hall–Kier alpha value is -2.29. The number of hydrogen-bond acceptors (Lipinski definition) is 3. The van der Waals surface area contributed by atoms with Crippen LogP contribution < -0.4 is 4.74 Å². The molecule has 0 saturated carbocycles. The Morgan fingerprint density at radius 3 is 1.79 bits per heavy atom. The van der Waals surface area contributed by atoms with Crippen LogP contribution in [-0.4, -0.2) is 19.7 Å². The Bertz CT molecular complexity index is 436. The molecule has 0 unspecified atom stereocenters. The zero-order valence-corrected chi connectivity index (χ0v) is 11.2. The van der Waals surface area contributed by atoms with Crippen molar-refractivity contribution in [2.75, 3.05) is 13.7 Å². The molecule has 0 saturated heterocycles. The van der Waals surface area contributed by atoms with Crippen molar-refractivity contribution in [3.8, 4) is 5.75 Å². The number of benzene rings is 2. The summed E-state index contributed by atoms with van der Waals surface area (Å²) in [5.41, 5.74) is 0.533. The van der Waals surface area contributed by atoms with Gasteiger partial charge in [-0.25, -0.2) is 4.79 Å².